The molecule has 0 bridgehead atoms. The van der Waals surface area contributed by atoms with Crippen molar-refractivity contribution in [2.24, 2.45) is 10.7 Å². The lowest BCUT2D eigenvalue weighted by atomic mass is 9.99. The average molecular weight is 665 g/mol. The van der Waals surface area contributed by atoms with E-state index in [-0.39, 0.29) is 43.6 Å². The van der Waals surface area contributed by atoms with E-state index in [1.807, 2.05) is 60.9 Å². The predicted molar refractivity (Wildman–Crippen MR) is 183 cm³/mol. The number of nitrogens with one attached hydrogen (secondary N) is 2. The Morgan fingerprint density at radius 2 is 1.82 bits per heavy atom. The van der Waals surface area contributed by atoms with Crippen LogP contribution in [0.3, 0.4) is 0 Å². The second kappa shape index (κ2) is 14.8. The van der Waals surface area contributed by atoms with Crippen LogP contribution in [0.2, 0.25) is 5.02 Å². The number of aliphatic imine (C=N–C) groups is 1. The number of rotatable bonds is 8. The van der Waals surface area contributed by atoms with Crippen molar-refractivity contribution < 1.29 is 9.59 Å². The fourth-order valence-corrected chi connectivity index (χ4v) is 6.40. The Kier molecular flexibility index (Phi) is 11.2. The molecule has 4 N–H and O–H groups in total. The fourth-order valence-electron chi connectivity index (χ4n) is 5.06. The molecule has 4 aromatic rings. The number of carbonyl (C=O) groups excluding carboxylic acids is 2. The van der Waals surface area contributed by atoms with Crippen molar-refractivity contribution in [3.63, 3.8) is 0 Å². The number of aromatic nitrogens is 3. The summed E-state index contributed by atoms with van der Waals surface area (Å²) in [6, 6.07) is 12.6. The number of aryl methyl sites for hydroxylation is 3. The standard InChI is InChI=1S/C33H34ClN7O2S.ClH/c1-19-9-14-26(17-24(19)7-5-15-35)37-28(42)8-6-16-36-29(43)18-27-32-40-39-22(4)41(32)33-30(20(2)21(3)44-33)31(38-27)23-10-12-25(34)13-11-23;/h9-14,17,27H,6,8,15-16,18,35H2,1-4H3,(H,36,43)(H,37,42);1H/t27-;/m0./s1. The van der Waals surface area contributed by atoms with Gasteiger partial charge < -0.3 is 16.4 Å². The molecule has 2 aromatic carbocycles. The van der Waals surface area contributed by atoms with Crippen LogP contribution in [-0.4, -0.2) is 45.4 Å². The summed E-state index contributed by atoms with van der Waals surface area (Å²) in [5, 5.41) is 16.3. The van der Waals surface area contributed by atoms with Crippen LogP contribution < -0.4 is 16.4 Å². The Morgan fingerprint density at radius 1 is 1.07 bits per heavy atom. The first-order valence-electron chi connectivity index (χ1n) is 14.4. The zero-order valence-electron chi connectivity index (χ0n) is 25.5. The molecular formula is C33H35Cl2N7O2S. The summed E-state index contributed by atoms with van der Waals surface area (Å²) < 4.78 is 2.02. The molecule has 9 nitrogen and oxygen atoms in total. The minimum atomic E-state index is -0.553. The van der Waals surface area contributed by atoms with Gasteiger partial charge in [0.15, 0.2) is 5.82 Å². The van der Waals surface area contributed by atoms with E-state index in [2.05, 4.69) is 46.5 Å². The number of amides is 2. The van der Waals surface area contributed by atoms with E-state index in [4.69, 9.17) is 22.3 Å². The number of hydrogen-bond acceptors (Lipinski definition) is 7. The monoisotopic (exact) mass is 663 g/mol. The van der Waals surface area contributed by atoms with Gasteiger partial charge in [0, 0.05) is 45.2 Å². The SMILES string of the molecule is Cc1ccc(NC(=O)CCCNC(=O)C[C@@H]2N=C(c3ccc(Cl)cc3)c3c(sc(C)c3C)-n3c(C)nnc32)cc1C#CCN.Cl. The Bertz CT molecular complexity index is 1820. The number of halogens is 2. The van der Waals surface area contributed by atoms with Crippen LogP contribution >= 0.6 is 35.3 Å². The molecule has 1 aliphatic rings. The number of hydrogen-bond donors (Lipinski definition) is 3. The third kappa shape index (κ3) is 7.63. The van der Waals surface area contributed by atoms with Gasteiger partial charge >= 0.3 is 0 Å². The predicted octanol–water partition coefficient (Wildman–Crippen LogP) is 5.77. The van der Waals surface area contributed by atoms with Gasteiger partial charge in [-0.25, -0.2) is 0 Å². The zero-order chi connectivity index (χ0) is 31.4. The highest BCUT2D eigenvalue weighted by Crippen LogP contribution is 2.39. The van der Waals surface area contributed by atoms with Gasteiger partial charge in [-0.3, -0.25) is 19.1 Å². The van der Waals surface area contributed by atoms with Crippen LogP contribution in [0.4, 0.5) is 5.69 Å². The summed E-state index contributed by atoms with van der Waals surface area (Å²) in [5.74, 6) is 6.90. The van der Waals surface area contributed by atoms with Crippen molar-refractivity contribution in [2.75, 3.05) is 18.4 Å². The first-order valence-corrected chi connectivity index (χ1v) is 15.6. The van der Waals surface area contributed by atoms with Crippen molar-refractivity contribution in [3.05, 3.63) is 91.8 Å². The van der Waals surface area contributed by atoms with Crippen molar-refractivity contribution in [1.82, 2.24) is 20.1 Å². The number of fused-ring (bicyclic) bond motifs is 3. The molecule has 0 fully saturated rings. The van der Waals surface area contributed by atoms with Gasteiger partial charge in [-0.15, -0.1) is 33.9 Å². The van der Waals surface area contributed by atoms with E-state index in [1.54, 1.807) is 11.3 Å². The van der Waals surface area contributed by atoms with Gasteiger partial charge in [0.25, 0.3) is 0 Å². The molecule has 0 unspecified atom stereocenters. The summed E-state index contributed by atoms with van der Waals surface area (Å²) >= 11 is 7.86. The molecule has 1 atom stereocenters. The fraction of sp³-hybridized carbons (Fsp3) is 0.303. The minimum Gasteiger partial charge on any atom is -0.356 e. The third-order valence-electron chi connectivity index (χ3n) is 7.49. The van der Waals surface area contributed by atoms with Crippen LogP contribution in [0, 0.1) is 39.5 Å². The topological polar surface area (TPSA) is 127 Å². The molecule has 5 rings (SSSR count). The Balaban J connectivity index is 0.00000461. The Hall–Kier alpha value is -4.01. The van der Waals surface area contributed by atoms with Crippen molar-refractivity contribution in [3.8, 4) is 16.8 Å². The highest BCUT2D eigenvalue weighted by molar-refractivity contribution is 7.15. The van der Waals surface area contributed by atoms with Gasteiger partial charge in [0.2, 0.25) is 11.8 Å². The Labute approximate surface area is 278 Å². The van der Waals surface area contributed by atoms with Crippen LogP contribution in [0.15, 0.2) is 47.5 Å². The van der Waals surface area contributed by atoms with Crippen LogP contribution in [0.1, 0.15) is 69.6 Å². The summed E-state index contributed by atoms with van der Waals surface area (Å²) in [7, 11) is 0. The quantitative estimate of drug-likeness (QED) is 0.163. The number of nitrogens with two attached hydrogens (primary N) is 1. The molecule has 12 heteroatoms. The van der Waals surface area contributed by atoms with E-state index in [0.717, 1.165) is 44.4 Å². The lowest BCUT2D eigenvalue weighted by Gasteiger charge is -2.13. The molecule has 3 heterocycles. The van der Waals surface area contributed by atoms with Crippen molar-refractivity contribution in [1.29, 1.82) is 0 Å². The second-order valence-electron chi connectivity index (χ2n) is 10.6. The summed E-state index contributed by atoms with van der Waals surface area (Å²) in [6.07, 6.45) is 0.829. The number of nitrogens with zero attached hydrogens (tertiary/aromatic N) is 4. The molecule has 2 aromatic heterocycles. The maximum Gasteiger partial charge on any atom is 0.224 e. The van der Waals surface area contributed by atoms with E-state index in [9.17, 15) is 9.59 Å². The normalized spacial score (nSPS) is 13.3. The van der Waals surface area contributed by atoms with Crippen molar-refractivity contribution >= 4 is 58.6 Å². The largest absolute Gasteiger partial charge is 0.356 e. The molecular weight excluding hydrogens is 629 g/mol. The lowest BCUT2D eigenvalue weighted by Crippen LogP contribution is -2.27. The summed E-state index contributed by atoms with van der Waals surface area (Å²) in [4.78, 5) is 32.1. The van der Waals surface area contributed by atoms with Gasteiger partial charge in [-0.2, -0.15) is 0 Å². The van der Waals surface area contributed by atoms with Gasteiger partial charge in [0.05, 0.1) is 18.7 Å². The molecule has 0 saturated heterocycles. The smallest absolute Gasteiger partial charge is 0.224 e. The lowest BCUT2D eigenvalue weighted by molar-refractivity contribution is -0.122. The summed E-state index contributed by atoms with van der Waals surface area (Å²) in [6.45, 7) is 8.67. The molecule has 0 aliphatic carbocycles. The van der Waals surface area contributed by atoms with E-state index in [1.165, 1.54) is 4.88 Å². The molecule has 0 spiro atoms. The van der Waals surface area contributed by atoms with Crippen LogP contribution in [0.5, 0.6) is 0 Å². The third-order valence-corrected chi connectivity index (χ3v) is 8.93. The number of benzene rings is 2. The first-order chi connectivity index (χ1) is 21.2. The maximum atomic E-state index is 13.2. The zero-order valence-corrected chi connectivity index (χ0v) is 27.9. The first kappa shape index (κ1) is 33.9. The highest BCUT2D eigenvalue weighted by atomic mass is 35.5. The van der Waals surface area contributed by atoms with Crippen LogP contribution in [-0.2, 0) is 9.59 Å². The number of thiophene rings is 1. The molecule has 234 valence electrons. The van der Waals surface area contributed by atoms with E-state index >= 15 is 0 Å². The van der Waals surface area contributed by atoms with E-state index < -0.39 is 6.04 Å². The summed E-state index contributed by atoms with van der Waals surface area (Å²) in [5.41, 5.74) is 11.9. The maximum absolute atomic E-state index is 13.2. The molecule has 0 saturated carbocycles. The average Bonchev–Trinajstić information content (AvgIpc) is 3.47. The van der Waals surface area contributed by atoms with Gasteiger partial charge in [-0.05, 0) is 69.5 Å². The Morgan fingerprint density at radius 3 is 2.56 bits per heavy atom. The highest BCUT2D eigenvalue weighted by Gasteiger charge is 2.32. The van der Waals surface area contributed by atoms with Crippen LogP contribution in [0.25, 0.3) is 5.00 Å². The van der Waals surface area contributed by atoms with Crippen molar-refractivity contribution in [2.45, 2.75) is 53.0 Å². The molecule has 1 aliphatic heterocycles. The number of carbonyl (C=O) groups is 2. The molecule has 2 amide bonds. The molecule has 45 heavy (non-hydrogen) atoms. The van der Waals surface area contributed by atoms with Gasteiger partial charge in [0.1, 0.15) is 16.9 Å². The molecule has 0 radical (unpaired) electrons. The van der Waals surface area contributed by atoms with E-state index in [0.29, 0.717) is 29.5 Å². The van der Waals surface area contributed by atoms with Gasteiger partial charge in [-0.1, -0.05) is 41.6 Å². The second-order valence-corrected chi connectivity index (χ2v) is 12.3. The minimum absolute atomic E-state index is 0. The number of anilines is 1.